The van der Waals surface area contributed by atoms with Gasteiger partial charge in [-0.25, -0.2) is 0 Å². The molecule has 0 unspecified atom stereocenters. The van der Waals surface area contributed by atoms with Crippen molar-refractivity contribution in [2.75, 3.05) is 6.26 Å². The molecule has 7 heteroatoms. The minimum absolute atomic E-state index is 0. The fraction of sp³-hybridized carbons (Fsp3) is 1.00. The molecule has 0 fully saturated rings. The van der Waals surface area contributed by atoms with E-state index in [1.165, 1.54) is 0 Å². The van der Waals surface area contributed by atoms with Gasteiger partial charge < -0.3 is 12.3 Å². The van der Waals surface area contributed by atoms with Crippen LogP contribution in [0.25, 0.3) is 0 Å². The van der Waals surface area contributed by atoms with Gasteiger partial charge in [0.2, 0.25) is 0 Å². The molecule has 0 amide bonds. The maximum Gasteiger partial charge on any atom is 0.261 e. The largest absolute Gasteiger partial charge is 0.344 e. The van der Waals surface area contributed by atoms with E-state index in [0.29, 0.717) is 6.26 Å². The molecule has 7 N–H and O–H groups in total. The van der Waals surface area contributed by atoms with Gasteiger partial charge in [0.15, 0.2) is 0 Å². The first-order chi connectivity index (χ1) is 2.00. The predicted octanol–water partition coefficient (Wildman–Crippen LogP) is 0.446. The Balaban J connectivity index is -0.0000000267. The van der Waals surface area contributed by atoms with Gasteiger partial charge in [0, 0.05) is 0 Å². The van der Waals surface area contributed by atoms with E-state index >= 15 is 0 Å². The van der Waals surface area contributed by atoms with E-state index < -0.39 is 10.1 Å². The topological polar surface area (TPSA) is 124 Å². The van der Waals surface area contributed by atoms with Crippen LogP contribution >= 0.6 is 24.0 Å². The highest BCUT2D eigenvalue weighted by Crippen LogP contribution is 1.60. The van der Waals surface area contributed by atoms with Crippen molar-refractivity contribution in [3.8, 4) is 0 Å². The summed E-state index contributed by atoms with van der Waals surface area (Å²) in [7, 11) is -3.67. The average molecular weight is 258 g/mol. The number of hydrogen-bond donors (Lipinski definition) is 3. The zero-order valence-electron chi connectivity index (χ0n) is 4.49. The monoisotopic (exact) mass is 258 g/mol. The standard InChI is InChI=1S/CH4O3S.HI.2H3N/c1-5(2,3)4;;;/h1H3,(H,2,3,4);1H;2*1H3. The molecule has 0 bridgehead atoms. The van der Waals surface area contributed by atoms with Crippen molar-refractivity contribution in [2.45, 2.75) is 0 Å². The highest BCUT2D eigenvalue weighted by molar-refractivity contribution is 14.0. The highest BCUT2D eigenvalue weighted by Gasteiger charge is 1.81. The Morgan fingerprint density at radius 2 is 1.25 bits per heavy atom. The SMILES string of the molecule is CS(=O)(=O)O.I.N.N. The summed E-state index contributed by atoms with van der Waals surface area (Å²) in [6.07, 6.45) is 0.715. The van der Waals surface area contributed by atoms with Gasteiger partial charge in [-0.2, -0.15) is 8.42 Å². The van der Waals surface area contributed by atoms with Crippen LogP contribution in [0.3, 0.4) is 0 Å². The van der Waals surface area contributed by atoms with Crippen molar-refractivity contribution >= 4 is 34.1 Å². The van der Waals surface area contributed by atoms with E-state index in [2.05, 4.69) is 0 Å². The molecule has 0 heterocycles. The molecule has 56 valence electrons. The van der Waals surface area contributed by atoms with Crippen LogP contribution < -0.4 is 12.3 Å². The molecule has 0 aromatic heterocycles. The van der Waals surface area contributed by atoms with Crippen LogP contribution in [0.1, 0.15) is 0 Å². The Labute approximate surface area is 65.8 Å². The molecular weight excluding hydrogens is 247 g/mol. The molecule has 5 nitrogen and oxygen atoms in total. The second kappa shape index (κ2) is 7.56. The zero-order chi connectivity index (χ0) is 4.50. The first-order valence-electron chi connectivity index (χ1n) is 0.924. The first kappa shape index (κ1) is 23.5. The summed E-state index contributed by atoms with van der Waals surface area (Å²) in [5, 5.41) is 0. The first-order valence-corrected chi connectivity index (χ1v) is 2.77. The summed E-state index contributed by atoms with van der Waals surface area (Å²) in [4.78, 5) is 0. The summed E-state index contributed by atoms with van der Waals surface area (Å²) in [6.45, 7) is 0. The van der Waals surface area contributed by atoms with E-state index in [4.69, 9.17) is 4.55 Å². The molecule has 0 atom stereocenters. The van der Waals surface area contributed by atoms with Crippen molar-refractivity contribution < 1.29 is 13.0 Å². The number of rotatable bonds is 0. The average Bonchev–Trinajstić information content (AvgIpc) is 0.722. The lowest BCUT2D eigenvalue weighted by molar-refractivity contribution is 0.490. The third kappa shape index (κ3) is 647. The fourth-order valence-electron chi connectivity index (χ4n) is 0. The summed E-state index contributed by atoms with van der Waals surface area (Å²) in [5.74, 6) is 0. The van der Waals surface area contributed by atoms with Crippen LogP contribution in [0, 0.1) is 0 Å². The Bertz CT molecular complexity index is 100. The fourth-order valence-corrected chi connectivity index (χ4v) is 0. The molecular formula is CH11IN2O3S. The van der Waals surface area contributed by atoms with Crippen LogP contribution in [0.15, 0.2) is 0 Å². The van der Waals surface area contributed by atoms with Crippen LogP contribution in [-0.4, -0.2) is 19.2 Å². The molecule has 0 aromatic carbocycles. The molecule has 0 aliphatic carbocycles. The summed E-state index contributed by atoms with van der Waals surface area (Å²) < 4.78 is 25.9. The van der Waals surface area contributed by atoms with E-state index in [1.54, 1.807) is 0 Å². The van der Waals surface area contributed by atoms with Gasteiger partial charge in [-0.1, -0.05) is 0 Å². The molecule has 0 aromatic rings. The van der Waals surface area contributed by atoms with Gasteiger partial charge >= 0.3 is 0 Å². The smallest absolute Gasteiger partial charge is 0.261 e. The van der Waals surface area contributed by atoms with Gasteiger partial charge in [0.05, 0.1) is 6.26 Å². The van der Waals surface area contributed by atoms with E-state index in [-0.39, 0.29) is 36.3 Å². The Morgan fingerprint density at radius 1 is 1.25 bits per heavy atom. The van der Waals surface area contributed by atoms with Gasteiger partial charge in [0.1, 0.15) is 0 Å². The van der Waals surface area contributed by atoms with Crippen LogP contribution in [0.4, 0.5) is 0 Å². The van der Waals surface area contributed by atoms with Crippen molar-refractivity contribution in [3.63, 3.8) is 0 Å². The van der Waals surface area contributed by atoms with Gasteiger partial charge in [-0.3, -0.25) is 4.55 Å². The summed E-state index contributed by atoms with van der Waals surface area (Å²) in [5.41, 5.74) is 0. The van der Waals surface area contributed by atoms with Crippen LogP contribution in [0.5, 0.6) is 0 Å². The Hall–Kier alpha value is 0.560. The second-order valence-corrected chi connectivity index (χ2v) is 2.20. The van der Waals surface area contributed by atoms with Crippen molar-refractivity contribution in [1.29, 1.82) is 0 Å². The maximum absolute atomic E-state index is 9.19. The zero-order valence-corrected chi connectivity index (χ0v) is 7.64. The molecule has 0 aliphatic rings. The van der Waals surface area contributed by atoms with Crippen molar-refractivity contribution in [1.82, 2.24) is 12.3 Å². The number of hydrogen-bond acceptors (Lipinski definition) is 4. The van der Waals surface area contributed by atoms with Crippen LogP contribution in [-0.2, 0) is 10.1 Å². The van der Waals surface area contributed by atoms with E-state index in [9.17, 15) is 8.42 Å². The molecule has 0 saturated heterocycles. The molecule has 0 aliphatic heterocycles. The van der Waals surface area contributed by atoms with E-state index in [1.807, 2.05) is 0 Å². The molecule has 0 radical (unpaired) electrons. The highest BCUT2D eigenvalue weighted by atomic mass is 127. The Kier molecular flexibility index (Phi) is 22.2. The third-order valence-electron chi connectivity index (χ3n) is 0. The van der Waals surface area contributed by atoms with Crippen molar-refractivity contribution in [2.24, 2.45) is 0 Å². The second-order valence-electron chi connectivity index (χ2n) is 0.733. The van der Waals surface area contributed by atoms with Crippen molar-refractivity contribution in [3.05, 3.63) is 0 Å². The molecule has 0 saturated carbocycles. The predicted molar refractivity (Wildman–Crippen MR) is 42.9 cm³/mol. The van der Waals surface area contributed by atoms with Gasteiger partial charge in [-0.15, -0.1) is 24.0 Å². The molecule has 8 heavy (non-hydrogen) atoms. The van der Waals surface area contributed by atoms with Gasteiger partial charge in [0.25, 0.3) is 10.1 Å². The lowest BCUT2D eigenvalue weighted by Crippen LogP contribution is -1.88. The normalized spacial score (nSPS) is 7.25. The van der Waals surface area contributed by atoms with Crippen LogP contribution in [0.2, 0.25) is 0 Å². The number of halogens is 1. The summed E-state index contributed by atoms with van der Waals surface area (Å²) in [6, 6.07) is 0. The lowest BCUT2D eigenvalue weighted by Gasteiger charge is -1.69. The maximum atomic E-state index is 9.19. The summed E-state index contributed by atoms with van der Waals surface area (Å²) >= 11 is 0. The molecule has 0 rings (SSSR count). The molecule has 0 spiro atoms. The minimum Gasteiger partial charge on any atom is -0.344 e. The van der Waals surface area contributed by atoms with Gasteiger partial charge in [-0.05, 0) is 0 Å². The quantitative estimate of drug-likeness (QED) is 0.429. The lowest BCUT2D eigenvalue weighted by atomic mass is 12.0. The Morgan fingerprint density at radius 3 is 1.25 bits per heavy atom. The van der Waals surface area contributed by atoms with E-state index in [0.717, 1.165) is 0 Å². The third-order valence-corrected chi connectivity index (χ3v) is 0. The minimum atomic E-state index is -3.67.